The molecule has 0 spiro atoms. The molecule has 0 bridgehead atoms. The first-order chi connectivity index (χ1) is 15.2. The minimum atomic E-state index is -0.572. The van der Waals surface area contributed by atoms with Gasteiger partial charge in [-0.05, 0) is 54.4 Å². The highest BCUT2D eigenvalue weighted by Gasteiger charge is 2.42. The minimum absolute atomic E-state index is 0.101. The number of nitrogens with zero attached hydrogens (tertiary/aromatic N) is 2. The minimum Gasteiger partial charge on any atom is -0.494 e. The van der Waals surface area contributed by atoms with Crippen molar-refractivity contribution in [1.29, 1.82) is 0 Å². The van der Waals surface area contributed by atoms with Crippen LogP contribution in [0.25, 0.3) is 11.0 Å². The van der Waals surface area contributed by atoms with Gasteiger partial charge in [0.05, 0.1) is 23.6 Å². The number of hydrogen-bond donors (Lipinski definition) is 0. The maximum atomic E-state index is 13.5. The van der Waals surface area contributed by atoms with Crippen molar-refractivity contribution in [1.82, 2.24) is 9.88 Å². The highest BCUT2D eigenvalue weighted by molar-refractivity contribution is 5.99. The molecule has 5 rings (SSSR count). The molecule has 31 heavy (non-hydrogen) atoms. The summed E-state index contributed by atoms with van der Waals surface area (Å²) in [5, 5.41) is 0.464. The van der Waals surface area contributed by atoms with Gasteiger partial charge in [0.25, 0.3) is 5.91 Å². The van der Waals surface area contributed by atoms with Gasteiger partial charge in [-0.25, -0.2) is 0 Å². The summed E-state index contributed by atoms with van der Waals surface area (Å²) in [5.41, 5.74) is 2.31. The Bertz CT molecular complexity index is 1330. The van der Waals surface area contributed by atoms with Crippen LogP contribution < -0.4 is 10.2 Å². The number of benzene rings is 2. The number of amides is 1. The van der Waals surface area contributed by atoms with E-state index in [1.165, 1.54) is 0 Å². The number of para-hydroxylation sites is 1. The summed E-state index contributed by atoms with van der Waals surface area (Å²) >= 11 is 0. The number of ether oxygens (including phenoxy) is 1. The first kappa shape index (κ1) is 19.1. The van der Waals surface area contributed by atoms with E-state index in [9.17, 15) is 9.59 Å². The second-order valence-corrected chi connectivity index (χ2v) is 7.37. The molecule has 1 atom stereocenters. The molecule has 0 unspecified atom stereocenters. The fraction of sp³-hybridized carbons (Fsp3) is 0.160. The number of fused-ring (bicyclic) bond motifs is 2. The Morgan fingerprint density at radius 3 is 2.65 bits per heavy atom. The van der Waals surface area contributed by atoms with Crippen LogP contribution in [-0.4, -0.2) is 22.4 Å². The van der Waals surface area contributed by atoms with Crippen LogP contribution in [-0.2, 0) is 6.54 Å². The predicted molar refractivity (Wildman–Crippen MR) is 116 cm³/mol. The van der Waals surface area contributed by atoms with Crippen molar-refractivity contribution >= 4 is 16.9 Å². The average molecular weight is 412 g/mol. The van der Waals surface area contributed by atoms with Crippen molar-refractivity contribution in [2.75, 3.05) is 6.61 Å². The van der Waals surface area contributed by atoms with Gasteiger partial charge in [0, 0.05) is 18.9 Å². The summed E-state index contributed by atoms with van der Waals surface area (Å²) < 4.78 is 11.6. The van der Waals surface area contributed by atoms with Gasteiger partial charge in [-0.2, -0.15) is 0 Å². The first-order valence-electron chi connectivity index (χ1n) is 10.2. The molecular weight excluding hydrogens is 392 g/mol. The number of pyridine rings is 1. The number of hydrogen-bond acceptors (Lipinski definition) is 5. The molecule has 2 aromatic heterocycles. The third-order valence-electron chi connectivity index (χ3n) is 5.46. The molecule has 4 aromatic rings. The van der Waals surface area contributed by atoms with Crippen LogP contribution in [0, 0.1) is 0 Å². The second kappa shape index (κ2) is 7.72. The van der Waals surface area contributed by atoms with E-state index in [-0.39, 0.29) is 17.1 Å². The zero-order chi connectivity index (χ0) is 21.4. The van der Waals surface area contributed by atoms with Gasteiger partial charge in [0.1, 0.15) is 11.3 Å². The van der Waals surface area contributed by atoms with E-state index in [1.54, 1.807) is 41.6 Å². The summed E-state index contributed by atoms with van der Waals surface area (Å²) in [7, 11) is 0. The monoisotopic (exact) mass is 412 g/mol. The van der Waals surface area contributed by atoms with Crippen LogP contribution in [0.1, 0.15) is 40.2 Å². The molecule has 1 aliphatic rings. The van der Waals surface area contributed by atoms with E-state index in [0.29, 0.717) is 35.4 Å². The lowest BCUT2D eigenvalue weighted by molar-refractivity contribution is 0.0714. The third kappa shape index (κ3) is 3.26. The van der Waals surface area contributed by atoms with Crippen molar-refractivity contribution < 1.29 is 13.9 Å². The Labute approximate surface area is 178 Å². The van der Waals surface area contributed by atoms with E-state index in [1.807, 2.05) is 43.3 Å². The largest absolute Gasteiger partial charge is 0.494 e. The first-order valence-corrected chi connectivity index (χ1v) is 10.2. The van der Waals surface area contributed by atoms with Gasteiger partial charge in [0.2, 0.25) is 5.76 Å². The summed E-state index contributed by atoms with van der Waals surface area (Å²) in [5.74, 6) is 0.487. The van der Waals surface area contributed by atoms with Crippen molar-refractivity contribution in [3.8, 4) is 5.75 Å². The SMILES string of the molecule is CCOc1cccc([C@H]2c3c(oc4ccccc4c3=O)C(=O)N2Cc2ccncc2)c1. The standard InChI is InChI=1S/C25H20N2O4/c1-2-30-18-7-5-6-17(14-18)22-21-23(28)19-8-3-4-9-20(19)31-24(21)25(29)27(22)15-16-10-12-26-13-11-16/h3-14,22H,2,15H2,1H3/t22-/m0/s1. The van der Waals surface area contributed by atoms with Crippen molar-refractivity contribution in [2.24, 2.45) is 0 Å². The topological polar surface area (TPSA) is 72.6 Å². The Morgan fingerprint density at radius 2 is 1.84 bits per heavy atom. The summed E-state index contributed by atoms with van der Waals surface area (Å²) in [6.07, 6.45) is 3.37. The fourth-order valence-corrected chi connectivity index (χ4v) is 4.10. The summed E-state index contributed by atoms with van der Waals surface area (Å²) in [6.45, 7) is 2.76. The molecule has 0 saturated heterocycles. The van der Waals surface area contributed by atoms with E-state index >= 15 is 0 Å². The molecule has 0 fully saturated rings. The Balaban J connectivity index is 1.71. The Morgan fingerprint density at radius 1 is 1.03 bits per heavy atom. The van der Waals surface area contributed by atoms with Gasteiger partial charge in [-0.1, -0.05) is 24.3 Å². The molecule has 1 amide bonds. The van der Waals surface area contributed by atoms with Gasteiger partial charge in [-0.15, -0.1) is 0 Å². The predicted octanol–water partition coefficient (Wildman–Crippen LogP) is 4.33. The van der Waals surface area contributed by atoms with Gasteiger partial charge < -0.3 is 14.1 Å². The molecule has 154 valence electrons. The smallest absolute Gasteiger partial charge is 0.291 e. The molecular formula is C25H20N2O4. The van der Waals surface area contributed by atoms with E-state index < -0.39 is 6.04 Å². The number of aromatic nitrogens is 1. The van der Waals surface area contributed by atoms with Crippen LogP contribution in [0.2, 0.25) is 0 Å². The lowest BCUT2D eigenvalue weighted by Gasteiger charge is -2.25. The van der Waals surface area contributed by atoms with Crippen LogP contribution in [0.15, 0.2) is 82.3 Å². The molecule has 6 nitrogen and oxygen atoms in total. The molecule has 2 aromatic carbocycles. The maximum absolute atomic E-state index is 13.5. The van der Waals surface area contributed by atoms with Crippen molar-refractivity contribution in [3.05, 3.63) is 106 Å². The van der Waals surface area contributed by atoms with Gasteiger partial charge in [0.15, 0.2) is 5.43 Å². The highest BCUT2D eigenvalue weighted by atomic mass is 16.5. The van der Waals surface area contributed by atoms with Gasteiger partial charge in [-0.3, -0.25) is 14.6 Å². The lowest BCUT2D eigenvalue weighted by atomic mass is 9.98. The summed E-state index contributed by atoms with van der Waals surface area (Å²) in [4.78, 5) is 32.6. The third-order valence-corrected chi connectivity index (χ3v) is 5.46. The summed E-state index contributed by atoms with van der Waals surface area (Å²) in [6, 6.07) is 17.7. The normalized spacial score (nSPS) is 15.3. The van der Waals surface area contributed by atoms with Gasteiger partial charge >= 0.3 is 0 Å². The van der Waals surface area contributed by atoms with Crippen LogP contribution >= 0.6 is 0 Å². The Kier molecular flexibility index (Phi) is 4.75. The highest BCUT2D eigenvalue weighted by Crippen LogP contribution is 2.39. The average Bonchev–Trinajstić information content (AvgIpc) is 3.07. The number of carbonyl (C=O) groups is 1. The van der Waals surface area contributed by atoms with E-state index in [0.717, 1.165) is 11.1 Å². The molecule has 0 aliphatic carbocycles. The van der Waals surface area contributed by atoms with Crippen LogP contribution in [0.5, 0.6) is 5.75 Å². The fourth-order valence-electron chi connectivity index (χ4n) is 4.10. The van der Waals surface area contributed by atoms with Crippen LogP contribution in [0.3, 0.4) is 0 Å². The molecule has 1 aliphatic heterocycles. The second-order valence-electron chi connectivity index (χ2n) is 7.37. The number of carbonyl (C=O) groups excluding carboxylic acids is 1. The molecule has 0 saturated carbocycles. The Hall–Kier alpha value is -3.93. The molecule has 0 N–H and O–H groups in total. The van der Waals surface area contributed by atoms with E-state index in [4.69, 9.17) is 9.15 Å². The van der Waals surface area contributed by atoms with Crippen LogP contribution in [0.4, 0.5) is 0 Å². The lowest BCUT2D eigenvalue weighted by Crippen LogP contribution is -2.29. The van der Waals surface area contributed by atoms with Crippen molar-refractivity contribution in [2.45, 2.75) is 19.5 Å². The zero-order valence-corrected chi connectivity index (χ0v) is 16.9. The van der Waals surface area contributed by atoms with E-state index in [2.05, 4.69) is 4.98 Å². The molecule has 0 radical (unpaired) electrons. The zero-order valence-electron chi connectivity index (χ0n) is 16.9. The maximum Gasteiger partial charge on any atom is 0.291 e. The molecule has 6 heteroatoms. The number of rotatable bonds is 5. The quantitative estimate of drug-likeness (QED) is 0.488. The van der Waals surface area contributed by atoms with Crippen molar-refractivity contribution in [3.63, 3.8) is 0 Å². The molecule has 3 heterocycles.